The standard InChI is InChI=1S/C9H13N.C8H12N2.C5H9N3/c1-9(2,3)8-4-6-10-7-5-8;1-8(2,3)7-4-5-9-10-6-7;1-5(2)8-6-3-4-7-8/h4-7H,1-3H3;4-6H,1-3H3;3-5H,1-2H3. The molecule has 0 atom stereocenters. The fraction of sp³-hybridized carbons (Fsp3) is 0.500. The second-order valence-electron chi connectivity index (χ2n) is 8.81. The largest absolute Gasteiger partial charge is 0.265 e. The molecule has 0 radical (unpaired) electrons. The van der Waals surface area contributed by atoms with Gasteiger partial charge >= 0.3 is 0 Å². The van der Waals surface area contributed by atoms with Crippen LogP contribution in [0, 0.1) is 0 Å². The molecule has 0 aliphatic rings. The Hall–Kier alpha value is -2.63. The van der Waals surface area contributed by atoms with Gasteiger partial charge in [-0.2, -0.15) is 25.2 Å². The van der Waals surface area contributed by atoms with E-state index in [0.29, 0.717) is 6.04 Å². The summed E-state index contributed by atoms with van der Waals surface area (Å²) in [6.45, 7) is 17.1. The summed E-state index contributed by atoms with van der Waals surface area (Å²) >= 11 is 0. The Balaban J connectivity index is 0.000000212. The lowest BCUT2D eigenvalue weighted by Gasteiger charge is -2.17. The van der Waals surface area contributed by atoms with Gasteiger partial charge in [-0.05, 0) is 54.0 Å². The molecule has 0 saturated heterocycles. The first-order chi connectivity index (χ1) is 13.0. The lowest BCUT2D eigenvalue weighted by atomic mass is 9.88. The van der Waals surface area contributed by atoms with Gasteiger partial charge in [0.1, 0.15) is 0 Å². The van der Waals surface area contributed by atoms with Crippen LogP contribution in [0.2, 0.25) is 0 Å². The molecule has 0 amide bonds. The number of aromatic nitrogens is 6. The fourth-order valence-corrected chi connectivity index (χ4v) is 2.08. The van der Waals surface area contributed by atoms with Gasteiger partial charge in [0.25, 0.3) is 0 Å². The summed E-state index contributed by atoms with van der Waals surface area (Å²) in [5.41, 5.74) is 3.00. The van der Waals surface area contributed by atoms with Crippen LogP contribution < -0.4 is 0 Å². The average molecular weight is 383 g/mol. The second-order valence-corrected chi connectivity index (χ2v) is 8.81. The highest BCUT2D eigenvalue weighted by Gasteiger charge is 2.12. The SMILES string of the molecule is CC(C)(C)c1ccncc1.CC(C)(C)c1ccnnc1.CC(C)n1nccn1. The molecule has 3 rings (SSSR count). The molecule has 0 saturated carbocycles. The Labute approximate surface area is 169 Å². The molecule has 0 spiro atoms. The summed E-state index contributed by atoms with van der Waals surface area (Å²) in [5, 5.41) is 15.4. The molecule has 3 aromatic heterocycles. The van der Waals surface area contributed by atoms with Crippen LogP contribution in [-0.4, -0.2) is 30.2 Å². The minimum atomic E-state index is 0.190. The summed E-state index contributed by atoms with van der Waals surface area (Å²) in [5.74, 6) is 0. The van der Waals surface area contributed by atoms with Crippen molar-refractivity contribution in [2.24, 2.45) is 0 Å². The first-order valence-corrected chi connectivity index (χ1v) is 9.55. The van der Waals surface area contributed by atoms with Crippen molar-refractivity contribution in [2.75, 3.05) is 0 Å². The average Bonchev–Trinajstić information content (AvgIpc) is 3.18. The molecule has 6 heteroatoms. The molecular formula is C22H34N6. The first-order valence-electron chi connectivity index (χ1n) is 9.55. The van der Waals surface area contributed by atoms with E-state index in [4.69, 9.17) is 0 Å². The molecule has 0 aliphatic carbocycles. The number of nitrogens with zero attached hydrogens (tertiary/aromatic N) is 6. The highest BCUT2D eigenvalue weighted by molar-refractivity contribution is 5.18. The minimum Gasteiger partial charge on any atom is -0.265 e. The third-order valence-electron chi connectivity index (χ3n) is 3.90. The Morgan fingerprint density at radius 3 is 1.46 bits per heavy atom. The van der Waals surface area contributed by atoms with Gasteiger partial charge < -0.3 is 0 Å². The fourth-order valence-electron chi connectivity index (χ4n) is 2.08. The van der Waals surface area contributed by atoms with Crippen LogP contribution in [0.15, 0.2) is 55.4 Å². The normalized spacial score (nSPS) is 11.2. The van der Waals surface area contributed by atoms with Gasteiger partial charge in [-0.3, -0.25) is 4.98 Å². The zero-order chi connectivity index (χ0) is 21.2. The van der Waals surface area contributed by atoms with Crippen molar-refractivity contribution in [1.82, 2.24) is 30.2 Å². The van der Waals surface area contributed by atoms with E-state index in [1.807, 2.05) is 32.3 Å². The summed E-state index contributed by atoms with van der Waals surface area (Å²) in [7, 11) is 0. The molecule has 6 nitrogen and oxygen atoms in total. The maximum absolute atomic E-state index is 3.96. The lowest BCUT2D eigenvalue weighted by molar-refractivity contribution is 0.466. The predicted molar refractivity (Wildman–Crippen MR) is 114 cm³/mol. The zero-order valence-corrected chi connectivity index (χ0v) is 18.5. The van der Waals surface area contributed by atoms with Crippen molar-refractivity contribution in [2.45, 2.75) is 72.3 Å². The predicted octanol–water partition coefficient (Wildman–Crippen LogP) is 5.01. The molecule has 0 bridgehead atoms. The van der Waals surface area contributed by atoms with E-state index in [0.717, 1.165) is 0 Å². The summed E-state index contributed by atoms with van der Waals surface area (Å²) in [6, 6.07) is 6.48. The summed E-state index contributed by atoms with van der Waals surface area (Å²) < 4.78 is 0. The van der Waals surface area contributed by atoms with Crippen molar-refractivity contribution in [3.63, 3.8) is 0 Å². The molecule has 0 N–H and O–H groups in total. The van der Waals surface area contributed by atoms with Gasteiger partial charge in [0.2, 0.25) is 0 Å². The number of hydrogen-bond acceptors (Lipinski definition) is 5. The minimum absolute atomic E-state index is 0.190. The van der Waals surface area contributed by atoms with Crippen LogP contribution in [0.1, 0.15) is 72.6 Å². The molecule has 0 unspecified atom stereocenters. The number of hydrogen-bond donors (Lipinski definition) is 0. The van der Waals surface area contributed by atoms with E-state index in [-0.39, 0.29) is 10.8 Å². The molecule has 28 heavy (non-hydrogen) atoms. The van der Waals surface area contributed by atoms with E-state index in [1.165, 1.54) is 11.1 Å². The third kappa shape index (κ3) is 8.84. The second kappa shape index (κ2) is 10.6. The van der Waals surface area contributed by atoms with E-state index in [1.54, 1.807) is 29.6 Å². The molecule has 0 aromatic carbocycles. The van der Waals surface area contributed by atoms with E-state index in [9.17, 15) is 0 Å². The van der Waals surface area contributed by atoms with Crippen LogP contribution in [0.3, 0.4) is 0 Å². The maximum Gasteiger partial charge on any atom is 0.0693 e. The Morgan fingerprint density at radius 2 is 1.18 bits per heavy atom. The van der Waals surface area contributed by atoms with E-state index in [2.05, 4.69) is 79.1 Å². The maximum atomic E-state index is 3.96. The molecule has 0 fully saturated rings. The van der Waals surface area contributed by atoms with Gasteiger partial charge in [0.05, 0.1) is 24.6 Å². The lowest BCUT2D eigenvalue weighted by Crippen LogP contribution is -2.11. The molecule has 152 valence electrons. The van der Waals surface area contributed by atoms with Crippen molar-refractivity contribution in [3.8, 4) is 0 Å². The van der Waals surface area contributed by atoms with Crippen LogP contribution in [0.5, 0.6) is 0 Å². The summed E-state index contributed by atoms with van der Waals surface area (Å²) in [6.07, 6.45) is 10.6. The molecule has 0 aliphatic heterocycles. The Bertz CT molecular complexity index is 705. The smallest absolute Gasteiger partial charge is 0.0693 e. The quantitative estimate of drug-likeness (QED) is 0.591. The summed E-state index contributed by atoms with van der Waals surface area (Å²) in [4.78, 5) is 5.63. The van der Waals surface area contributed by atoms with Crippen LogP contribution in [0.4, 0.5) is 0 Å². The molecular weight excluding hydrogens is 348 g/mol. The van der Waals surface area contributed by atoms with Gasteiger partial charge in [-0.1, -0.05) is 41.5 Å². The van der Waals surface area contributed by atoms with Gasteiger partial charge in [0, 0.05) is 18.6 Å². The Morgan fingerprint density at radius 1 is 0.679 bits per heavy atom. The van der Waals surface area contributed by atoms with Crippen molar-refractivity contribution in [3.05, 3.63) is 66.5 Å². The van der Waals surface area contributed by atoms with Crippen molar-refractivity contribution >= 4 is 0 Å². The van der Waals surface area contributed by atoms with E-state index >= 15 is 0 Å². The number of rotatable bonds is 1. The third-order valence-corrected chi connectivity index (χ3v) is 3.90. The highest BCUT2D eigenvalue weighted by Crippen LogP contribution is 2.20. The van der Waals surface area contributed by atoms with Crippen LogP contribution in [0.25, 0.3) is 0 Å². The van der Waals surface area contributed by atoms with Gasteiger partial charge in [0.15, 0.2) is 0 Å². The first kappa shape index (κ1) is 23.4. The van der Waals surface area contributed by atoms with Gasteiger partial charge in [-0.25, -0.2) is 0 Å². The topological polar surface area (TPSA) is 69.4 Å². The monoisotopic (exact) mass is 382 g/mol. The van der Waals surface area contributed by atoms with Gasteiger partial charge in [-0.15, -0.1) is 0 Å². The zero-order valence-electron chi connectivity index (χ0n) is 18.5. The van der Waals surface area contributed by atoms with Crippen molar-refractivity contribution in [1.29, 1.82) is 0 Å². The molecule has 3 heterocycles. The van der Waals surface area contributed by atoms with E-state index < -0.39 is 0 Å². The number of pyridine rings is 1. The highest BCUT2D eigenvalue weighted by atomic mass is 15.5. The van der Waals surface area contributed by atoms with Crippen LogP contribution in [-0.2, 0) is 10.8 Å². The van der Waals surface area contributed by atoms with Crippen LogP contribution >= 0.6 is 0 Å². The van der Waals surface area contributed by atoms with Crippen molar-refractivity contribution < 1.29 is 0 Å². The Kier molecular flexibility index (Phi) is 8.89. The molecule has 3 aromatic rings.